The Morgan fingerprint density at radius 3 is 2.95 bits per heavy atom. The number of thiocarbonyl (C=S) groups is 1. The summed E-state index contributed by atoms with van der Waals surface area (Å²) in [5.74, 6) is 0.299. The monoisotopic (exact) mass is 365 g/mol. The van der Waals surface area contributed by atoms with Crippen molar-refractivity contribution in [2.24, 2.45) is 5.73 Å². The maximum absolute atomic E-state index is 13.6. The van der Waals surface area contributed by atoms with E-state index in [0.717, 1.165) is 10.9 Å². The fourth-order valence-corrected chi connectivity index (χ4v) is 2.60. The number of H-pyrrole nitrogens is 1. The number of fused-ring (bicyclic) bond motifs is 1. The molecule has 2 heterocycles. The molecule has 2 aromatic heterocycles. The van der Waals surface area contributed by atoms with E-state index in [1.54, 1.807) is 6.20 Å². The third-order valence-electron chi connectivity index (χ3n) is 2.93. The van der Waals surface area contributed by atoms with Gasteiger partial charge in [0.05, 0.1) is 16.2 Å². The van der Waals surface area contributed by atoms with E-state index < -0.39 is 5.82 Å². The minimum atomic E-state index is -0.483. The molecule has 0 fully saturated rings. The molecule has 0 radical (unpaired) electrons. The van der Waals surface area contributed by atoms with Gasteiger partial charge in [-0.2, -0.15) is 0 Å². The van der Waals surface area contributed by atoms with E-state index in [1.807, 2.05) is 12.3 Å². The predicted octanol–water partition coefficient (Wildman–Crippen LogP) is 3.89. The van der Waals surface area contributed by atoms with Crippen LogP contribution in [-0.2, 0) is 0 Å². The Labute approximate surface area is 133 Å². The number of pyridine rings is 1. The number of hydrogen-bond donors (Lipinski definition) is 2. The highest BCUT2D eigenvalue weighted by molar-refractivity contribution is 9.10. The summed E-state index contributed by atoms with van der Waals surface area (Å²) in [6.45, 7) is 0. The van der Waals surface area contributed by atoms with Crippen LogP contribution in [0.5, 0.6) is 11.6 Å². The van der Waals surface area contributed by atoms with Crippen molar-refractivity contribution in [2.45, 2.75) is 0 Å². The lowest BCUT2D eigenvalue weighted by Gasteiger charge is -2.09. The van der Waals surface area contributed by atoms with Gasteiger partial charge in [-0.1, -0.05) is 12.2 Å². The number of ether oxygens (including phenoxy) is 1. The third-order valence-corrected chi connectivity index (χ3v) is 3.92. The van der Waals surface area contributed by atoms with E-state index in [-0.39, 0.29) is 10.6 Å². The zero-order valence-electron chi connectivity index (χ0n) is 10.6. The molecule has 3 aromatic rings. The average Bonchev–Trinajstić information content (AvgIpc) is 2.93. The fourth-order valence-electron chi connectivity index (χ4n) is 1.92. The first-order valence-electron chi connectivity index (χ1n) is 5.95. The SMILES string of the molecule is NC(=S)c1cc(Oc2ncc3[nH]ccc3c2Br)ccc1F. The summed E-state index contributed by atoms with van der Waals surface area (Å²) in [5.41, 5.74) is 6.50. The Bertz CT molecular complexity index is 849. The van der Waals surface area contributed by atoms with Crippen molar-refractivity contribution in [1.29, 1.82) is 0 Å². The number of aromatic nitrogens is 2. The van der Waals surface area contributed by atoms with Crippen LogP contribution in [0.25, 0.3) is 10.9 Å². The molecule has 0 saturated carbocycles. The second kappa shape index (κ2) is 5.42. The van der Waals surface area contributed by atoms with Gasteiger partial charge in [-0.05, 0) is 40.2 Å². The summed E-state index contributed by atoms with van der Waals surface area (Å²) >= 11 is 8.25. The summed E-state index contributed by atoms with van der Waals surface area (Å²) in [4.78, 5) is 7.24. The molecule has 106 valence electrons. The van der Waals surface area contributed by atoms with Crippen LogP contribution in [0.15, 0.2) is 41.1 Å². The molecule has 3 rings (SSSR count). The van der Waals surface area contributed by atoms with E-state index in [2.05, 4.69) is 25.9 Å². The Morgan fingerprint density at radius 2 is 2.19 bits per heavy atom. The predicted molar refractivity (Wildman–Crippen MR) is 86.2 cm³/mol. The first kappa shape index (κ1) is 14.0. The Morgan fingerprint density at radius 1 is 1.38 bits per heavy atom. The summed E-state index contributed by atoms with van der Waals surface area (Å²) in [6, 6.07) is 6.10. The maximum Gasteiger partial charge on any atom is 0.234 e. The van der Waals surface area contributed by atoms with Crippen molar-refractivity contribution in [3.63, 3.8) is 0 Å². The topological polar surface area (TPSA) is 63.9 Å². The van der Waals surface area contributed by atoms with E-state index in [0.29, 0.717) is 16.1 Å². The molecule has 0 aliphatic rings. The van der Waals surface area contributed by atoms with Gasteiger partial charge in [0.25, 0.3) is 0 Å². The number of halogens is 2. The summed E-state index contributed by atoms with van der Waals surface area (Å²) in [6.07, 6.45) is 3.47. The smallest absolute Gasteiger partial charge is 0.234 e. The molecule has 0 aliphatic heterocycles. The number of nitrogens with one attached hydrogen (secondary N) is 1. The van der Waals surface area contributed by atoms with Gasteiger partial charge in [-0.15, -0.1) is 0 Å². The third kappa shape index (κ3) is 2.62. The highest BCUT2D eigenvalue weighted by Crippen LogP contribution is 2.33. The van der Waals surface area contributed by atoms with Crippen molar-refractivity contribution in [3.05, 3.63) is 52.5 Å². The zero-order chi connectivity index (χ0) is 15.0. The molecule has 3 N–H and O–H groups in total. The molecule has 0 amide bonds. The van der Waals surface area contributed by atoms with Gasteiger partial charge in [0.15, 0.2) is 0 Å². The summed E-state index contributed by atoms with van der Waals surface area (Å²) in [7, 11) is 0. The highest BCUT2D eigenvalue weighted by atomic mass is 79.9. The van der Waals surface area contributed by atoms with Crippen molar-refractivity contribution in [2.75, 3.05) is 0 Å². The van der Waals surface area contributed by atoms with Crippen LogP contribution in [0.1, 0.15) is 5.56 Å². The second-order valence-corrected chi connectivity index (χ2v) is 5.52. The van der Waals surface area contributed by atoms with Crippen LogP contribution in [0, 0.1) is 5.82 Å². The number of nitrogens with zero attached hydrogens (tertiary/aromatic N) is 1. The van der Waals surface area contributed by atoms with Crippen molar-refractivity contribution in [1.82, 2.24) is 9.97 Å². The second-order valence-electron chi connectivity index (χ2n) is 4.29. The van der Waals surface area contributed by atoms with Crippen molar-refractivity contribution < 1.29 is 9.13 Å². The summed E-state index contributed by atoms with van der Waals surface area (Å²) in [5, 5.41) is 0.941. The number of rotatable bonds is 3. The largest absolute Gasteiger partial charge is 0.438 e. The first-order valence-corrected chi connectivity index (χ1v) is 7.15. The zero-order valence-corrected chi connectivity index (χ0v) is 13.0. The minimum absolute atomic E-state index is 0.0222. The lowest BCUT2D eigenvalue weighted by molar-refractivity contribution is 0.459. The Kier molecular flexibility index (Phi) is 3.60. The first-order chi connectivity index (χ1) is 10.1. The molecule has 7 heteroatoms. The molecule has 1 aromatic carbocycles. The standard InChI is InChI=1S/C14H9BrFN3OS/c15-12-8-3-4-18-11(8)6-19-14(12)20-7-1-2-10(16)9(5-7)13(17)21/h1-6,18H,(H2,17,21). The average molecular weight is 366 g/mol. The van der Waals surface area contributed by atoms with Gasteiger partial charge in [-0.25, -0.2) is 9.37 Å². The minimum Gasteiger partial charge on any atom is -0.438 e. The molecule has 0 saturated heterocycles. The number of benzene rings is 1. The lowest BCUT2D eigenvalue weighted by atomic mass is 10.2. The molecule has 0 spiro atoms. The summed E-state index contributed by atoms with van der Waals surface area (Å²) < 4.78 is 19.9. The van der Waals surface area contributed by atoms with Gasteiger partial charge in [-0.3, -0.25) is 0 Å². The molecule has 0 unspecified atom stereocenters. The van der Waals surface area contributed by atoms with Crippen molar-refractivity contribution >= 4 is 44.0 Å². The Hall–Kier alpha value is -1.99. The normalized spacial score (nSPS) is 10.8. The van der Waals surface area contributed by atoms with Gasteiger partial charge in [0.1, 0.15) is 16.6 Å². The van der Waals surface area contributed by atoms with Gasteiger partial charge in [0.2, 0.25) is 5.88 Å². The lowest BCUT2D eigenvalue weighted by Crippen LogP contribution is -2.11. The molecular formula is C14H9BrFN3OS. The van der Waals surface area contributed by atoms with Gasteiger partial charge < -0.3 is 15.5 Å². The van der Waals surface area contributed by atoms with Crippen LogP contribution < -0.4 is 10.5 Å². The maximum atomic E-state index is 13.6. The molecular weight excluding hydrogens is 357 g/mol. The molecule has 4 nitrogen and oxygen atoms in total. The number of nitrogens with two attached hydrogens (primary N) is 1. The number of aromatic amines is 1. The van der Waals surface area contributed by atoms with E-state index in [9.17, 15) is 4.39 Å². The van der Waals surface area contributed by atoms with Crippen LogP contribution in [-0.4, -0.2) is 15.0 Å². The molecule has 21 heavy (non-hydrogen) atoms. The van der Waals surface area contributed by atoms with Crippen LogP contribution in [0.3, 0.4) is 0 Å². The highest BCUT2D eigenvalue weighted by Gasteiger charge is 2.12. The van der Waals surface area contributed by atoms with Crippen LogP contribution >= 0.6 is 28.1 Å². The molecule has 0 atom stereocenters. The van der Waals surface area contributed by atoms with E-state index in [1.165, 1.54) is 18.2 Å². The fraction of sp³-hybridized carbons (Fsp3) is 0. The molecule has 0 bridgehead atoms. The van der Waals surface area contributed by atoms with Gasteiger partial charge in [0, 0.05) is 17.1 Å². The number of hydrogen-bond acceptors (Lipinski definition) is 3. The Balaban J connectivity index is 2.00. The van der Waals surface area contributed by atoms with E-state index >= 15 is 0 Å². The van der Waals surface area contributed by atoms with E-state index in [4.69, 9.17) is 22.7 Å². The van der Waals surface area contributed by atoms with Crippen LogP contribution in [0.4, 0.5) is 4.39 Å². The van der Waals surface area contributed by atoms with Gasteiger partial charge >= 0.3 is 0 Å². The quantitative estimate of drug-likeness (QED) is 0.691. The van der Waals surface area contributed by atoms with Crippen molar-refractivity contribution in [3.8, 4) is 11.6 Å². The van der Waals surface area contributed by atoms with Crippen LogP contribution in [0.2, 0.25) is 0 Å². The molecule has 0 aliphatic carbocycles.